The minimum Gasteiger partial charge on any atom is -0.493 e. The Kier molecular flexibility index (Phi) is 6.23. The Hall–Kier alpha value is -5.06. The zero-order valence-corrected chi connectivity index (χ0v) is 18.6. The lowest BCUT2D eigenvalue weighted by atomic mass is 10.1. The van der Waals surface area contributed by atoms with Crippen molar-refractivity contribution < 1.29 is 24.1 Å². The van der Waals surface area contributed by atoms with Crippen molar-refractivity contribution in [2.75, 3.05) is 12.1 Å². The zero-order chi connectivity index (χ0) is 25.1. The predicted octanol–water partition coefficient (Wildman–Crippen LogP) is 5.11. The Morgan fingerprint density at radius 1 is 0.914 bits per heavy atom. The minimum atomic E-state index is -0.764. The molecular formula is C24H18N4O7. The third-order valence-corrected chi connectivity index (χ3v) is 5.13. The van der Waals surface area contributed by atoms with E-state index in [1.165, 1.54) is 18.2 Å². The summed E-state index contributed by atoms with van der Waals surface area (Å²) in [6.45, 7) is 1.73. The highest BCUT2D eigenvalue weighted by Gasteiger charge is 2.28. The first-order chi connectivity index (χ1) is 16.8. The van der Waals surface area contributed by atoms with Crippen molar-refractivity contribution in [3.63, 3.8) is 0 Å². The first-order valence-corrected chi connectivity index (χ1v) is 10.2. The van der Waals surface area contributed by atoms with Crippen LogP contribution in [-0.4, -0.2) is 28.6 Å². The summed E-state index contributed by atoms with van der Waals surface area (Å²) in [4.78, 5) is 33.8. The molecule has 0 bridgehead atoms. The number of hydrogen-bond donors (Lipinski definition) is 0. The standard InChI is InChI=1S/C24H18N4O7/c1-15-19(24(29)26(25-15)17-6-4-3-5-7-17)12-16-8-10-22(23(13-16)34-2)35-21-11-9-18(27(30)31)14-20(21)28(32)33/h3-14H,1-2H3/b19-12-. The fourth-order valence-corrected chi connectivity index (χ4v) is 3.42. The number of benzene rings is 3. The number of hydrazone groups is 1. The normalized spacial score (nSPS) is 14.1. The van der Waals surface area contributed by atoms with Gasteiger partial charge in [0.2, 0.25) is 5.75 Å². The molecule has 11 nitrogen and oxygen atoms in total. The van der Waals surface area contributed by atoms with Crippen LogP contribution in [0.1, 0.15) is 12.5 Å². The number of methoxy groups -OCH3 is 1. The van der Waals surface area contributed by atoms with E-state index < -0.39 is 21.2 Å². The van der Waals surface area contributed by atoms with Crippen molar-refractivity contribution >= 4 is 34.8 Å². The van der Waals surface area contributed by atoms with Gasteiger partial charge in [0.1, 0.15) is 0 Å². The van der Waals surface area contributed by atoms with E-state index in [2.05, 4.69) is 5.10 Å². The molecule has 11 heteroatoms. The number of non-ortho nitro benzene ring substituents is 1. The highest BCUT2D eigenvalue weighted by atomic mass is 16.6. The number of hydrogen-bond acceptors (Lipinski definition) is 8. The van der Waals surface area contributed by atoms with Gasteiger partial charge >= 0.3 is 5.69 Å². The minimum absolute atomic E-state index is 0.153. The Morgan fingerprint density at radius 3 is 2.29 bits per heavy atom. The summed E-state index contributed by atoms with van der Waals surface area (Å²) < 4.78 is 11.0. The van der Waals surface area contributed by atoms with Crippen molar-refractivity contribution in [1.82, 2.24) is 0 Å². The Balaban J connectivity index is 1.63. The van der Waals surface area contributed by atoms with Gasteiger partial charge in [0.05, 0.1) is 40.0 Å². The molecule has 0 radical (unpaired) electrons. The van der Waals surface area contributed by atoms with Crippen LogP contribution in [0, 0.1) is 20.2 Å². The SMILES string of the molecule is COc1cc(/C=C2\C(=O)N(c3ccccc3)N=C2C)ccc1Oc1ccc([N+](=O)[O-])cc1[N+](=O)[O-]. The Labute approximate surface area is 198 Å². The van der Waals surface area contributed by atoms with E-state index in [4.69, 9.17) is 9.47 Å². The molecule has 0 spiro atoms. The summed E-state index contributed by atoms with van der Waals surface area (Å²) in [6, 6.07) is 16.9. The summed E-state index contributed by atoms with van der Waals surface area (Å²) in [5, 5.41) is 28.0. The summed E-state index contributed by atoms with van der Waals surface area (Å²) in [7, 11) is 1.40. The fraction of sp³-hybridized carbons (Fsp3) is 0.0833. The van der Waals surface area contributed by atoms with E-state index in [0.717, 1.165) is 18.2 Å². The molecule has 1 amide bonds. The van der Waals surface area contributed by atoms with E-state index in [9.17, 15) is 25.0 Å². The zero-order valence-electron chi connectivity index (χ0n) is 18.6. The van der Waals surface area contributed by atoms with E-state index in [1.807, 2.05) is 18.2 Å². The molecule has 0 saturated heterocycles. The number of para-hydroxylation sites is 1. The van der Waals surface area contributed by atoms with E-state index in [0.29, 0.717) is 22.5 Å². The average molecular weight is 474 g/mol. The van der Waals surface area contributed by atoms with Gasteiger partial charge in [-0.2, -0.15) is 10.1 Å². The molecule has 3 aromatic carbocycles. The maximum atomic E-state index is 12.9. The monoisotopic (exact) mass is 474 g/mol. The lowest BCUT2D eigenvalue weighted by molar-refractivity contribution is -0.394. The number of ether oxygens (including phenoxy) is 2. The molecule has 1 aliphatic rings. The van der Waals surface area contributed by atoms with Crippen LogP contribution in [0.25, 0.3) is 6.08 Å². The lowest BCUT2D eigenvalue weighted by Gasteiger charge is -2.12. The molecular weight excluding hydrogens is 456 g/mol. The number of rotatable bonds is 7. The molecule has 1 aliphatic heterocycles. The average Bonchev–Trinajstić information content (AvgIpc) is 3.13. The summed E-state index contributed by atoms with van der Waals surface area (Å²) in [5.74, 6) is -0.0699. The smallest absolute Gasteiger partial charge is 0.318 e. The van der Waals surface area contributed by atoms with Gasteiger partial charge in [-0.15, -0.1) is 0 Å². The van der Waals surface area contributed by atoms with Gasteiger partial charge in [-0.1, -0.05) is 24.3 Å². The summed E-state index contributed by atoms with van der Waals surface area (Å²) >= 11 is 0. The molecule has 0 aliphatic carbocycles. The van der Waals surface area contributed by atoms with E-state index in [1.54, 1.807) is 37.3 Å². The topological polar surface area (TPSA) is 137 Å². The predicted molar refractivity (Wildman–Crippen MR) is 128 cm³/mol. The highest BCUT2D eigenvalue weighted by molar-refractivity contribution is 6.32. The van der Waals surface area contributed by atoms with Crippen LogP contribution < -0.4 is 14.5 Å². The first kappa shape index (κ1) is 23.1. The molecule has 35 heavy (non-hydrogen) atoms. The number of carbonyl (C=O) groups excluding carboxylic acids is 1. The second kappa shape index (κ2) is 9.43. The molecule has 0 saturated carbocycles. The van der Waals surface area contributed by atoms with Crippen LogP contribution in [0.4, 0.5) is 17.1 Å². The summed E-state index contributed by atoms with van der Waals surface area (Å²) in [6.07, 6.45) is 1.66. The molecule has 0 fully saturated rings. The van der Waals surface area contributed by atoms with Crippen molar-refractivity contribution in [2.45, 2.75) is 6.92 Å². The fourth-order valence-electron chi connectivity index (χ4n) is 3.42. The number of nitro groups is 2. The van der Waals surface area contributed by atoms with Gasteiger partial charge in [0, 0.05) is 6.07 Å². The molecule has 0 N–H and O–H groups in total. The third kappa shape index (κ3) is 4.69. The van der Waals surface area contributed by atoms with E-state index in [-0.39, 0.29) is 23.2 Å². The van der Waals surface area contributed by atoms with Crippen molar-refractivity contribution in [1.29, 1.82) is 0 Å². The van der Waals surface area contributed by atoms with Crippen LogP contribution in [0.3, 0.4) is 0 Å². The highest BCUT2D eigenvalue weighted by Crippen LogP contribution is 2.38. The number of nitrogens with zero attached hydrogens (tertiary/aromatic N) is 4. The molecule has 0 aromatic heterocycles. The van der Waals surface area contributed by atoms with Gasteiger partial charge in [-0.25, -0.2) is 0 Å². The second-order valence-corrected chi connectivity index (χ2v) is 7.37. The quantitative estimate of drug-likeness (QED) is 0.263. The molecule has 176 valence electrons. The number of amides is 1. The van der Waals surface area contributed by atoms with Gasteiger partial charge < -0.3 is 9.47 Å². The van der Waals surface area contributed by atoms with Crippen LogP contribution in [0.5, 0.6) is 17.2 Å². The third-order valence-electron chi connectivity index (χ3n) is 5.13. The van der Waals surface area contributed by atoms with Crippen molar-refractivity contribution in [2.24, 2.45) is 5.10 Å². The second-order valence-electron chi connectivity index (χ2n) is 7.37. The molecule has 1 heterocycles. The first-order valence-electron chi connectivity index (χ1n) is 10.2. The van der Waals surface area contributed by atoms with Gasteiger partial charge in [0.15, 0.2) is 11.5 Å². The Morgan fingerprint density at radius 2 is 1.63 bits per heavy atom. The van der Waals surface area contributed by atoms with Crippen LogP contribution in [0.15, 0.2) is 77.4 Å². The maximum absolute atomic E-state index is 12.9. The van der Waals surface area contributed by atoms with Gasteiger partial charge in [-0.3, -0.25) is 25.0 Å². The van der Waals surface area contributed by atoms with Crippen LogP contribution in [0.2, 0.25) is 0 Å². The number of anilines is 1. The molecule has 0 unspecified atom stereocenters. The maximum Gasteiger partial charge on any atom is 0.318 e. The molecule has 4 rings (SSSR count). The van der Waals surface area contributed by atoms with E-state index >= 15 is 0 Å². The van der Waals surface area contributed by atoms with Gasteiger partial charge in [0.25, 0.3) is 11.6 Å². The van der Waals surface area contributed by atoms with Crippen LogP contribution >= 0.6 is 0 Å². The van der Waals surface area contributed by atoms with Crippen LogP contribution in [-0.2, 0) is 4.79 Å². The molecule has 3 aromatic rings. The van der Waals surface area contributed by atoms with Gasteiger partial charge in [-0.05, 0) is 48.9 Å². The Bertz CT molecular complexity index is 1400. The number of nitro benzene ring substituents is 2. The largest absolute Gasteiger partial charge is 0.493 e. The van der Waals surface area contributed by atoms with Crippen molar-refractivity contribution in [3.8, 4) is 17.2 Å². The molecule has 0 atom stereocenters. The number of carbonyl (C=O) groups is 1. The summed E-state index contributed by atoms with van der Waals surface area (Å²) in [5.41, 5.74) is 1.21. The van der Waals surface area contributed by atoms with Crippen molar-refractivity contribution in [3.05, 3.63) is 98.1 Å². The lowest BCUT2D eigenvalue weighted by Crippen LogP contribution is -2.21.